The van der Waals surface area contributed by atoms with Gasteiger partial charge in [-0.15, -0.1) is 0 Å². The number of carbonyl (C=O) groups is 1. The number of halogens is 1. The summed E-state index contributed by atoms with van der Waals surface area (Å²) in [7, 11) is -1.42. The van der Waals surface area contributed by atoms with Crippen LogP contribution in [0.15, 0.2) is 48.6 Å². The van der Waals surface area contributed by atoms with Crippen molar-refractivity contribution in [1.29, 1.82) is 0 Å². The van der Waals surface area contributed by atoms with E-state index in [1.165, 1.54) is 24.0 Å². The Bertz CT molecular complexity index is 1330. The number of nitrogens with zero attached hydrogens (tertiary/aromatic N) is 1. The Labute approximate surface area is 252 Å². The predicted molar refractivity (Wildman–Crippen MR) is 168 cm³/mol. The molecule has 2 aliphatic carbocycles. The summed E-state index contributed by atoms with van der Waals surface area (Å²) in [5.41, 5.74) is 4.11. The van der Waals surface area contributed by atoms with Crippen molar-refractivity contribution in [3.63, 3.8) is 0 Å². The van der Waals surface area contributed by atoms with Crippen LogP contribution in [0, 0.1) is 23.7 Å². The molecule has 2 fully saturated rings. The highest BCUT2D eigenvalue weighted by Crippen LogP contribution is 2.43. The first-order valence-electron chi connectivity index (χ1n) is 15.6. The lowest BCUT2D eigenvalue weighted by Gasteiger charge is -2.41. The van der Waals surface area contributed by atoms with Gasteiger partial charge < -0.3 is 9.64 Å². The van der Waals surface area contributed by atoms with Gasteiger partial charge in [-0.05, 0) is 110 Å². The van der Waals surface area contributed by atoms with Gasteiger partial charge in [0.05, 0.1) is 17.5 Å². The van der Waals surface area contributed by atoms with Crippen LogP contribution in [0.1, 0.15) is 86.2 Å². The van der Waals surface area contributed by atoms with Crippen molar-refractivity contribution in [2.24, 2.45) is 23.7 Å². The van der Waals surface area contributed by atoms with Crippen LogP contribution in [0.3, 0.4) is 0 Å². The molecule has 0 radical (unpaired) electrons. The zero-order valence-corrected chi connectivity index (χ0v) is 25.9. The first-order chi connectivity index (χ1) is 19.9. The normalized spacial score (nSPS) is 31.2. The summed E-state index contributed by atoms with van der Waals surface area (Å²) < 4.78 is 22.8. The number of hydrogen-bond donors (Lipinski definition) is 1. The maximum Gasteiger partial charge on any atom is 0.263 e. The van der Waals surface area contributed by atoms with E-state index in [-0.39, 0.29) is 23.0 Å². The summed E-state index contributed by atoms with van der Waals surface area (Å²) in [6, 6.07) is 12.0. The quantitative estimate of drug-likeness (QED) is 0.373. The van der Waals surface area contributed by atoms with E-state index in [1.807, 2.05) is 24.3 Å². The first kappa shape index (κ1) is 28.8. The van der Waals surface area contributed by atoms with Gasteiger partial charge >= 0.3 is 0 Å². The third kappa shape index (κ3) is 6.39. The molecule has 0 saturated heterocycles. The van der Waals surface area contributed by atoms with Crippen LogP contribution in [-0.4, -0.2) is 35.1 Å². The second-order valence-electron chi connectivity index (χ2n) is 12.7. The van der Waals surface area contributed by atoms with Crippen molar-refractivity contribution in [2.45, 2.75) is 76.4 Å². The number of carbonyl (C=O) groups excluding carboxylic acids is 1. The van der Waals surface area contributed by atoms with E-state index in [4.69, 9.17) is 16.3 Å². The molecule has 220 valence electrons. The fourth-order valence-corrected chi connectivity index (χ4v) is 8.92. The number of allylic oxidation sites excluding steroid dienone is 2. The number of benzene rings is 2. The number of amides is 1. The van der Waals surface area contributed by atoms with Crippen molar-refractivity contribution >= 4 is 34.2 Å². The van der Waals surface area contributed by atoms with Gasteiger partial charge in [0, 0.05) is 29.6 Å². The van der Waals surface area contributed by atoms with E-state index < -0.39 is 11.0 Å². The standard InChI is InChI=1S/C34H43ClN2O3S/c1-3-6-25-17-29(35)14-15-30(25)28-20-37-19-27-12-9-23(27)8-5-4-7-22(2)33(24-10-11-24)41(39)36-34(38)26-13-16-32(40-21-28)31(37)18-26/h4-5,13-18,22-24,27-28,33H,3,6-12,19-21H2,1-2H3,(H,36,38)/b5-4+/t22-,23?,27?,28?,33?,41?/m1/s1. The van der Waals surface area contributed by atoms with E-state index >= 15 is 0 Å². The van der Waals surface area contributed by atoms with Gasteiger partial charge in [-0.1, -0.05) is 50.1 Å². The molecule has 0 aromatic heterocycles. The predicted octanol–water partition coefficient (Wildman–Crippen LogP) is 7.46. The molecule has 7 heteroatoms. The number of fused-ring (bicyclic) bond motifs is 2. The Hall–Kier alpha value is -2.31. The summed E-state index contributed by atoms with van der Waals surface area (Å²) in [4.78, 5) is 15.9. The fourth-order valence-electron chi connectivity index (χ4n) is 7.14. The molecule has 2 bridgehead atoms. The van der Waals surface area contributed by atoms with Crippen molar-refractivity contribution in [2.75, 3.05) is 24.6 Å². The molecule has 2 aromatic carbocycles. The minimum absolute atomic E-state index is 0.00827. The molecule has 41 heavy (non-hydrogen) atoms. The van der Waals surface area contributed by atoms with Crippen molar-refractivity contribution in [1.82, 2.24) is 4.72 Å². The average molecular weight is 595 g/mol. The molecule has 5 unspecified atom stereocenters. The largest absolute Gasteiger partial charge is 0.491 e. The zero-order chi connectivity index (χ0) is 28.5. The van der Waals surface area contributed by atoms with Gasteiger partial charge in [-0.25, -0.2) is 4.21 Å². The number of nitrogens with one attached hydrogen (secondary N) is 1. The molecule has 6 atom stereocenters. The van der Waals surface area contributed by atoms with Crippen LogP contribution >= 0.6 is 11.6 Å². The SMILES string of the molecule is CCCc1cc(Cl)ccc1C1COc2ccc3cc2N(C1)CC1CCC1C/C=C/C[C@@H](C)C(C1CC1)S(=O)NC3=O. The summed E-state index contributed by atoms with van der Waals surface area (Å²) in [5.74, 6) is 2.73. The molecular formula is C34H43ClN2O3S. The van der Waals surface area contributed by atoms with Crippen LogP contribution in [0.5, 0.6) is 5.75 Å². The highest BCUT2D eigenvalue weighted by molar-refractivity contribution is 7.84. The highest BCUT2D eigenvalue weighted by atomic mass is 35.5. The number of hydrogen-bond acceptors (Lipinski definition) is 4. The zero-order valence-electron chi connectivity index (χ0n) is 24.3. The van der Waals surface area contributed by atoms with E-state index in [0.29, 0.717) is 29.9 Å². The maximum atomic E-state index is 13.5. The van der Waals surface area contributed by atoms with Crippen LogP contribution in [0.4, 0.5) is 5.69 Å². The molecule has 2 saturated carbocycles. The number of aryl methyl sites for hydroxylation is 1. The summed E-state index contributed by atoms with van der Waals surface area (Å²) in [6.45, 7) is 6.73. The minimum Gasteiger partial charge on any atom is -0.491 e. The van der Waals surface area contributed by atoms with Crippen LogP contribution < -0.4 is 14.4 Å². The Morgan fingerprint density at radius 2 is 1.78 bits per heavy atom. The number of ether oxygens (including phenoxy) is 1. The van der Waals surface area contributed by atoms with Gasteiger partial charge in [-0.3, -0.25) is 9.52 Å². The molecule has 5 nitrogen and oxygen atoms in total. The molecule has 1 N–H and O–H groups in total. The smallest absolute Gasteiger partial charge is 0.263 e. The molecular weight excluding hydrogens is 552 g/mol. The van der Waals surface area contributed by atoms with E-state index in [1.54, 1.807) is 0 Å². The molecule has 1 amide bonds. The monoisotopic (exact) mass is 594 g/mol. The average Bonchev–Trinajstić information content (AvgIpc) is 3.78. The van der Waals surface area contributed by atoms with Gasteiger partial charge in [0.2, 0.25) is 0 Å². The Morgan fingerprint density at radius 3 is 2.54 bits per heavy atom. The molecule has 2 aliphatic heterocycles. The van der Waals surface area contributed by atoms with E-state index in [2.05, 4.69) is 47.8 Å². The summed E-state index contributed by atoms with van der Waals surface area (Å²) in [5, 5.41) is 0.767. The maximum absolute atomic E-state index is 13.5. The second kappa shape index (κ2) is 12.5. The van der Waals surface area contributed by atoms with Gasteiger partial charge in [-0.2, -0.15) is 0 Å². The van der Waals surface area contributed by atoms with Crippen LogP contribution in [0.2, 0.25) is 5.02 Å². The number of anilines is 1. The Balaban J connectivity index is 1.34. The molecule has 4 aliphatic rings. The Morgan fingerprint density at radius 1 is 1.00 bits per heavy atom. The van der Waals surface area contributed by atoms with E-state index in [9.17, 15) is 9.00 Å². The second-order valence-corrected chi connectivity index (χ2v) is 14.5. The first-order valence-corrected chi connectivity index (χ1v) is 17.2. The lowest BCUT2D eigenvalue weighted by Crippen LogP contribution is -2.40. The van der Waals surface area contributed by atoms with Crippen molar-refractivity contribution in [3.05, 3.63) is 70.3 Å². The third-order valence-corrected chi connectivity index (χ3v) is 11.7. The van der Waals surface area contributed by atoms with Gasteiger partial charge in [0.25, 0.3) is 5.91 Å². The topological polar surface area (TPSA) is 58.6 Å². The van der Waals surface area contributed by atoms with Crippen molar-refractivity contribution in [3.8, 4) is 5.75 Å². The molecule has 0 spiro atoms. The van der Waals surface area contributed by atoms with Crippen LogP contribution in [0.25, 0.3) is 0 Å². The third-order valence-electron chi connectivity index (χ3n) is 9.74. The van der Waals surface area contributed by atoms with E-state index in [0.717, 1.165) is 68.1 Å². The fraction of sp³-hybridized carbons (Fsp3) is 0.559. The van der Waals surface area contributed by atoms with Gasteiger partial charge in [0.15, 0.2) is 0 Å². The van der Waals surface area contributed by atoms with Crippen molar-refractivity contribution < 1.29 is 13.7 Å². The highest BCUT2D eigenvalue weighted by Gasteiger charge is 2.40. The summed E-state index contributed by atoms with van der Waals surface area (Å²) >= 11 is 6.41. The number of rotatable bonds is 4. The molecule has 2 aromatic rings. The van der Waals surface area contributed by atoms with Gasteiger partial charge in [0.1, 0.15) is 16.7 Å². The Kier molecular flexibility index (Phi) is 8.78. The lowest BCUT2D eigenvalue weighted by atomic mass is 9.71. The summed E-state index contributed by atoms with van der Waals surface area (Å²) in [6.07, 6.45) is 13.4. The molecule has 6 rings (SSSR count). The minimum atomic E-state index is -1.42. The van der Waals surface area contributed by atoms with Crippen LogP contribution in [-0.2, 0) is 17.4 Å². The molecule has 2 heterocycles. The lowest BCUT2D eigenvalue weighted by molar-refractivity contribution is 0.0982.